The predicted octanol–water partition coefficient (Wildman–Crippen LogP) is 3.68. The molecule has 2 fully saturated rings. The largest absolute Gasteiger partial charge is 0.497 e. The van der Waals surface area contributed by atoms with Crippen molar-refractivity contribution in [3.63, 3.8) is 0 Å². The molecule has 2 aliphatic rings. The quantitative estimate of drug-likeness (QED) is 0.350. The molecular formula is C21H34IN3O3. The van der Waals surface area contributed by atoms with Gasteiger partial charge in [-0.05, 0) is 44.2 Å². The average Bonchev–Trinajstić information content (AvgIpc) is 3.36. The van der Waals surface area contributed by atoms with Crippen LogP contribution in [0.25, 0.3) is 0 Å². The number of rotatable bonds is 7. The Morgan fingerprint density at radius 1 is 1.21 bits per heavy atom. The Kier molecular flexibility index (Phi) is 9.64. The fourth-order valence-electron chi connectivity index (χ4n) is 4.01. The van der Waals surface area contributed by atoms with E-state index < -0.39 is 0 Å². The van der Waals surface area contributed by atoms with Gasteiger partial charge in [0, 0.05) is 51.3 Å². The second-order valence-electron chi connectivity index (χ2n) is 7.45. The number of ether oxygens (including phenoxy) is 3. The van der Waals surface area contributed by atoms with Crippen molar-refractivity contribution in [3.8, 4) is 11.5 Å². The van der Waals surface area contributed by atoms with Crippen LogP contribution < -0.4 is 14.8 Å². The highest BCUT2D eigenvalue weighted by Crippen LogP contribution is 2.30. The van der Waals surface area contributed by atoms with Gasteiger partial charge < -0.3 is 24.4 Å². The van der Waals surface area contributed by atoms with E-state index in [1.807, 2.05) is 19.2 Å². The molecule has 28 heavy (non-hydrogen) atoms. The van der Waals surface area contributed by atoms with Crippen LogP contribution in [0.3, 0.4) is 0 Å². The smallest absolute Gasteiger partial charge is 0.193 e. The zero-order chi connectivity index (χ0) is 19.1. The van der Waals surface area contributed by atoms with Gasteiger partial charge >= 0.3 is 0 Å². The van der Waals surface area contributed by atoms with Gasteiger partial charge in [0.15, 0.2) is 5.96 Å². The number of nitrogens with zero attached hydrogens (tertiary/aromatic N) is 2. The fourth-order valence-corrected chi connectivity index (χ4v) is 4.01. The van der Waals surface area contributed by atoms with Crippen molar-refractivity contribution in [1.82, 2.24) is 10.2 Å². The standard InChI is InChI=1S/C21H33N3O3.HI/c1-22-21(24-11-10-16(14-24)15-25-2)23-13-17-8-9-19(26-3)12-20(17)27-18-6-4-5-7-18;/h8-9,12,16,18H,4-7,10-11,13-15H2,1-3H3,(H,22,23);1H. The fraction of sp³-hybridized carbons (Fsp3) is 0.667. The summed E-state index contributed by atoms with van der Waals surface area (Å²) >= 11 is 0. The predicted molar refractivity (Wildman–Crippen MR) is 123 cm³/mol. The van der Waals surface area contributed by atoms with Crippen LogP contribution in [-0.2, 0) is 11.3 Å². The van der Waals surface area contributed by atoms with Crippen LogP contribution >= 0.6 is 24.0 Å². The third-order valence-electron chi connectivity index (χ3n) is 5.51. The van der Waals surface area contributed by atoms with Crippen molar-refractivity contribution >= 4 is 29.9 Å². The summed E-state index contributed by atoms with van der Waals surface area (Å²) in [6.07, 6.45) is 6.26. The molecule has 7 heteroatoms. The number of likely N-dealkylation sites (tertiary alicyclic amines) is 1. The molecule has 1 heterocycles. The Hall–Kier alpha value is -1.22. The number of hydrogen-bond donors (Lipinski definition) is 1. The van der Waals surface area contributed by atoms with E-state index in [0.29, 0.717) is 18.6 Å². The number of guanidine groups is 1. The Morgan fingerprint density at radius 3 is 2.68 bits per heavy atom. The third kappa shape index (κ3) is 6.14. The number of nitrogens with one attached hydrogen (secondary N) is 1. The molecule has 158 valence electrons. The van der Waals surface area contributed by atoms with Gasteiger partial charge in [-0.2, -0.15) is 0 Å². The monoisotopic (exact) mass is 503 g/mol. The lowest BCUT2D eigenvalue weighted by atomic mass is 10.1. The molecule has 1 saturated carbocycles. The molecule has 0 amide bonds. The molecule has 1 aromatic rings. The zero-order valence-electron chi connectivity index (χ0n) is 17.3. The molecule has 0 spiro atoms. The average molecular weight is 503 g/mol. The van der Waals surface area contributed by atoms with Crippen molar-refractivity contribution in [1.29, 1.82) is 0 Å². The Balaban J connectivity index is 0.00000280. The van der Waals surface area contributed by atoms with Gasteiger partial charge in [-0.25, -0.2) is 0 Å². The van der Waals surface area contributed by atoms with Gasteiger partial charge in [0.2, 0.25) is 0 Å². The molecule has 1 aliphatic carbocycles. The third-order valence-corrected chi connectivity index (χ3v) is 5.51. The van der Waals surface area contributed by atoms with Crippen molar-refractivity contribution in [3.05, 3.63) is 23.8 Å². The molecule has 1 aromatic carbocycles. The van der Waals surface area contributed by atoms with Crippen LogP contribution in [0.5, 0.6) is 11.5 Å². The van der Waals surface area contributed by atoms with Gasteiger partial charge in [-0.1, -0.05) is 0 Å². The van der Waals surface area contributed by atoms with E-state index >= 15 is 0 Å². The topological polar surface area (TPSA) is 55.3 Å². The molecule has 0 aromatic heterocycles. The first-order chi connectivity index (χ1) is 13.2. The van der Waals surface area contributed by atoms with E-state index in [2.05, 4.69) is 21.3 Å². The minimum atomic E-state index is 0. The summed E-state index contributed by atoms with van der Waals surface area (Å²) in [5.74, 6) is 3.27. The molecule has 1 saturated heterocycles. The zero-order valence-corrected chi connectivity index (χ0v) is 19.6. The van der Waals surface area contributed by atoms with Gasteiger partial charge in [0.05, 0.1) is 19.8 Å². The molecule has 1 aliphatic heterocycles. The summed E-state index contributed by atoms with van der Waals surface area (Å²) in [6.45, 7) is 3.50. The Morgan fingerprint density at radius 2 is 2.00 bits per heavy atom. The van der Waals surface area contributed by atoms with Gasteiger partial charge in [0.25, 0.3) is 0 Å². The number of hydrogen-bond acceptors (Lipinski definition) is 4. The van der Waals surface area contributed by atoms with E-state index in [1.54, 1.807) is 14.2 Å². The Bertz CT molecular complexity index is 635. The minimum absolute atomic E-state index is 0. The lowest BCUT2D eigenvalue weighted by Gasteiger charge is -2.23. The highest BCUT2D eigenvalue weighted by atomic mass is 127. The van der Waals surface area contributed by atoms with Crippen molar-refractivity contribution in [2.24, 2.45) is 10.9 Å². The first-order valence-electron chi connectivity index (χ1n) is 10.0. The second kappa shape index (κ2) is 11.7. The molecule has 6 nitrogen and oxygen atoms in total. The highest BCUT2D eigenvalue weighted by Gasteiger charge is 2.25. The number of aliphatic imine (C=N–C) groups is 1. The summed E-state index contributed by atoms with van der Waals surface area (Å²) in [5.41, 5.74) is 1.14. The van der Waals surface area contributed by atoms with Crippen LogP contribution in [0, 0.1) is 5.92 Å². The van der Waals surface area contributed by atoms with Crippen LogP contribution in [0.2, 0.25) is 0 Å². The van der Waals surface area contributed by atoms with E-state index in [4.69, 9.17) is 14.2 Å². The van der Waals surface area contributed by atoms with Gasteiger partial charge in [0.1, 0.15) is 11.5 Å². The van der Waals surface area contributed by atoms with E-state index in [0.717, 1.165) is 62.0 Å². The van der Waals surface area contributed by atoms with E-state index in [-0.39, 0.29) is 24.0 Å². The maximum Gasteiger partial charge on any atom is 0.193 e. The molecule has 0 bridgehead atoms. The van der Waals surface area contributed by atoms with Crippen LogP contribution in [0.15, 0.2) is 23.2 Å². The molecule has 1 N–H and O–H groups in total. The second-order valence-corrected chi connectivity index (χ2v) is 7.45. The SMILES string of the molecule is CN=C(NCc1ccc(OC)cc1OC1CCCC1)N1CCC(COC)C1.I. The maximum absolute atomic E-state index is 6.30. The molecule has 1 unspecified atom stereocenters. The highest BCUT2D eigenvalue weighted by molar-refractivity contribution is 14.0. The number of benzene rings is 1. The number of halogens is 1. The van der Waals surface area contributed by atoms with Gasteiger partial charge in [-0.3, -0.25) is 4.99 Å². The molecule has 0 radical (unpaired) electrons. The normalized spacial score (nSPS) is 20.2. The summed E-state index contributed by atoms with van der Waals surface area (Å²) in [7, 11) is 5.31. The molecule has 3 rings (SSSR count). The maximum atomic E-state index is 6.30. The lowest BCUT2D eigenvalue weighted by molar-refractivity contribution is 0.157. The molecular weight excluding hydrogens is 469 g/mol. The van der Waals surface area contributed by atoms with Crippen LogP contribution in [0.1, 0.15) is 37.7 Å². The summed E-state index contributed by atoms with van der Waals surface area (Å²) in [5, 5.41) is 3.51. The molecule has 1 atom stereocenters. The Labute approximate surface area is 186 Å². The summed E-state index contributed by atoms with van der Waals surface area (Å²) in [6, 6.07) is 6.08. The van der Waals surface area contributed by atoms with E-state index in [9.17, 15) is 0 Å². The van der Waals surface area contributed by atoms with Crippen molar-refractivity contribution in [2.75, 3.05) is 41.0 Å². The van der Waals surface area contributed by atoms with E-state index in [1.165, 1.54) is 12.8 Å². The summed E-state index contributed by atoms with van der Waals surface area (Å²) < 4.78 is 17.0. The minimum Gasteiger partial charge on any atom is -0.497 e. The van der Waals surface area contributed by atoms with Gasteiger partial charge in [-0.15, -0.1) is 24.0 Å². The van der Waals surface area contributed by atoms with Crippen LogP contribution in [-0.4, -0.2) is 57.9 Å². The number of methoxy groups -OCH3 is 2. The lowest BCUT2D eigenvalue weighted by Crippen LogP contribution is -2.40. The summed E-state index contributed by atoms with van der Waals surface area (Å²) in [4.78, 5) is 6.78. The van der Waals surface area contributed by atoms with Crippen LogP contribution in [0.4, 0.5) is 0 Å². The van der Waals surface area contributed by atoms with Crippen molar-refractivity contribution < 1.29 is 14.2 Å². The van der Waals surface area contributed by atoms with Crippen molar-refractivity contribution in [2.45, 2.75) is 44.8 Å². The first kappa shape index (κ1) is 23.1. The first-order valence-corrected chi connectivity index (χ1v) is 10.0.